The van der Waals surface area contributed by atoms with Gasteiger partial charge in [0.25, 0.3) is 0 Å². The van der Waals surface area contributed by atoms with Crippen LogP contribution in [-0.2, 0) is 81.0 Å². The van der Waals surface area contributed by atoms with Gasteiger partial charge in [0.15, 0.2) is 11.9 Å². The molecule has 24 nitrogen and oxygen atoms in total. The van der Waals surface area contributed by atoms with E-state index in [1.165, 1.54) is 6.42 Å². The standard InChI is InChI=1S/C76H124O24/c1-10-19-21-22-28-36-44-63(96-68(84)14-5)57(78)41-34-26-23-30-38-46-73(89)93-52-54(53-94-74(90)47-39-31-25-29-37-45-65(98-70(86)16-7)61(82)49-60(81)64(43-33-20-11-2)97-69(85)15-6)95-75(91)48-40-32-24-27-35-42-58(79)66(99-71(87)17-8)51-62(83)67(100-72(88)18-9)50-59(80)55(12-3)76(92)56(77)13-4/h13-18,54-55,57-67,76,78-83,92H,4-12,19-53H2,1-3H3. The number of carbonyl (C=O) groups excluding carboxylic acids is 9. The molecule has 0 bridgehead atoms. The molecule has 14 unspecified atom stereocenters. The van der Waals surface area contributed by atoms with Crippen LogP contribution in [0.15, 0.2) is 75.9 Å². The number of hydrogen-bond donors (Lipinski definition) is 7. The van der Waals surface area contributed by atoms with E-state index in [4.69, 9.17) is 37.9 Å². The zero-order valence-electron chi connectivity index (χ0n) is 60.2. The molecule has 0 heterocycles. The molecule has 572 valence electrons. The Hall–Kier alpha value is -6.41. The summed E-state index contributed by atoms with van der Waals surface area (Å²) in [7, 11) is 0. The Balaban J connectivity index is 5.71. The Morgan fingerprint density at radius 2 is 0.600 bits per heavy atom. The minimum Gasteiger partial charge on any atom is -0.462 e. The summed E-state index contributed by atoms with van der Waals surface area (Å²) < 4.78 is 43.8. The van der Waals surface area contributed by atoms with Gasteiger partial charge in [0, 0.05) is 74.8 Å². The Kier molecular flexibility index (Phi) is 55.4. The van der Waals surface area contributed by atoms with E-state index < -0.39 is 152 Å². The van der Waals surface area contributed by atoms with Crippen LogP contribution in [0.4, 0.5) is 0 Å². The third-order valence-electron chi connectivity index (χ3n) is 17.3. The third kappa shape index (κ3) is 45.5. The molecule has 14 atom stereocenters. The number of aliphatic hydroxyl groups is 7. The first kappa shape index (κ1) is 93.6. The molecular formula is C76H124O24. The van der Waals surface area contributed by atoms with Crippen molar-refractivity contribution in [1.29, 1.82) is 0 Å². The first-order valence-corrected chi connectivity index (χ1v) is 36.5. The molecule has 0 aromatic heterocycles. The number of ketones is 1. The maximum atomic E-state index is 13.2. The summed E-state index contributed by atoms with van der Waals surface area (Å²) in [5, 5.41) is 77.1. The lowest BCUT2D eigenvalue weighted by molar-refractivity contribution is -0.167. The quantitative estimate of drug-likeness (QED) is 0.0129. The predicted octanol–water partition coefficient (Wildman–Crippen LogP) is 10.5. The lowest BCUT2D eigenvalue weighted by Crippen LogP contribution is -2.44. The van der Waals surface area contributed by atoms with Gasteiger partial charge in [-0.1, -0.05) is 176 Å². The highest BCUT2D eigenvalue weighted by molar-refractivity contribution is 5.93. The maximum Gasteiger partial charge on any atom is 0.330 e. The highest BCUT2D eigenvalue weighted by Crippen LogP contribution is 2.27. The lowest BCUT2D eigenvalue weighted by Gasteiger charge is -2.32. The fourth-order valence-corrected chi connectivity index (χ4v) is 11.4. The molecule has 0 aromatic rings. The van der Waals surface area contributed by atoms with E-state index in [0.717, 1.165) is 94.2 Å². The van der Waals surface area contributed by atoms with Crippen LogP contribution < -0.4 is 0 Å². The van der Waals surface area contributed by atoms with Crippen molar-refractivity contribution in [3.8, 4) is 0 Å². The van der Waals surface area contributed by atoms with Crippen LogP contribution in [0.1, 0.15) is 252 Å². The van der Waals surface area contributed by atoms with Gasteiger partial charge in [-0.25, -0.2) is 24.0 Å². The second-order valence-corrected chi connectivity index (χ2v) is 25.6. The van der Waals surface area contributed by atoms with Crippen LogP contribution in [0.25, 0.3) is 0 Å². The number of unbranched alkanes of at least 4 members (excludes halogenated alkanes) is 19. The Morgan fingerprint density at radius 1 is 0.310 bits per heavy atom. The molecule has 0 amide bonds. The molecule has 0 spiro atoms. The van der Waals surface area contributed by atoms with Crippen molar-refractivity contribution < 1.29 is 117 Å². The predicted molar refractivity (Wildman–Crippen MR) is 376 cm³/mol. The van der Waals surface area contributed by atoms with Gasteiger partial charge in [0.1, 0.15) is 49.8 Å². The van der Waals surface area contributed by atoms with E-state index in [1.54, 1.807) is 6.92 Å². The normalized spacial score (nSPS) is 15.5. The molecule has 0 rings (SSSR count). The van der Waals surface area contributed by atoms with Gasteiger partial charge in [-0.2, -0.15) is 0 Å². The smallest absolute Gasteiger partial charge is 0.330 e. The summed E-state index contributed by atoms with van der Waals surface area (Å²) in [6.07, 6.45) is 8.43. The minimum absolute atomic E-state index is 0.0278. The van der Waals surface area contributed by atoms with Crippen LogP contribution >= 0.6 is 0 Å². The molecule has 7 N–H and O–H groups in total. The van der Waals surface area contributed by atoms with Crippen LogP contribution in [-0.4, -0.2) is 182 Å². The van der Waals surface area contributed by atoms with E-state index in [0.29, 0.717) is 109 Å². The van der Waals surface area contributed by atoms with Crippen molar-refractivity contribution in [1.82, 2.24) is 0 Å². The molecule has 100 heavy (non-hydrogen) atoms. The maximum absolute atomic E-state index is 13.2. The summed E-state index contributed by atoms with van der Waals surface area (Å²) in [6.45, 7) is 25.5. The van der Waals surface area contributed by atoms with Crippen LogP contribution in [0.5, 0.6) is 0 Å². The molecule has 0 aromatic carbocycles. The van der Waals surface area contributed by atoms with Gasteiger partial charge in [-0.15, -0.1) is 0 Å². The number of hydrogen-bond acceptors (Lipinski definition) is 24. The number of carbonyl (C=O) groups is 9. The first-order valence-electron chi connectivity index (χ1n) is 36.5. The fourth-order valence-electron chi connectivity index (χ4n) is 11.4. The van der Waals surface area contributed by atoms with E-state index in [9.17, 15) is 78.9 Å². The number of ether oxygens (including phenoxy) is 8. The summed E-state index contributed by atoms with van der Waals surface area (Å²) in [4.78, 5) is 112. The molecule has 0 aliphatic rings. The molecule has 0 fully saturated rings. The van der Waals surface area contributed by atoms with Crippen molar-refractivity contribution in [2.45, 2.75) is 331 Å². The number of aliphatic hydroxyl groups excluding tert-OH is 7. The third-order valence-corrected chi connectivity index (χ3v) is 17.3. The van der Waals surface area contributed by atoms with Crippen LogP contribution in [0.3, 0.4) is 0 Å². The summed E-state index contributed by atoms with van der Waals surface area (Å²) in [6, 6.07) is 0. The van der Waals surface area contributed by atoms with E-state index in [2.05, 4.69) is 46.4 Å². The monoisotopic (exact) mass is 1420 g/mol. The molecular weight excluding hydrogens is 1300 g/mol. The number of esters is 8. The summed E-state index contributed by atoms with van der Waals surface area (Å²) in [5.41, 5.74) is 0. The van der Waals surface area contributed by atoms with Crippen molar-refractivity contribution >= 4 is 53.5 Å². The van der Waals surface area contributed by atoms with E-state index in [-0.39, 0.29) is 58.2 Å². The Labute approximate surface area is 594 Å². The van der Waals surface area contributed by atoms with Crippen LogP contribution in [0, 0.1) is 5.92 Å². The van der Waals surface area contributed by atoms with Gasteiger partial charge in [0.05, 0.1) is 36.6 Å². The molecule has 0 radical (unpaired) electrons. The topological polar surface area (TPSA) is 369 Å². The average Bonchev–Trinajstić information content (AvgIpc) is 0.864. The van der Waals surface area contributed by atoms with Crippen molar-refractivity contribution in [3.05, 3.63) is 75.9 Å². The van der Waals surface area contributed by atoms with Crippen molar-refractivity contribution in [3.63, 3.8) is 0 Å². The minimum atomic E-state index is -1.63. The van der Waals surface area contributed by atoms with Gasteiger partial charge >= 0.3 is 47.8 Å². The summed E-state index contributed by atoms with van der Waals surface area (Å²) in [5.74, 6) is -7.37. The Morgan fingerprint density at radius 3 is 0.980 bits per heavy atom. The van der Waals surface area contributed by atoms with Gasteiger partial charge < -0.3 is 73.6 Å². The second-order valence-electron chi connectivity index (χ2n) is 25.6. The average molecular weight is 1420 g/mol. The zero-order valence-corrected chi connectivity index (χ0v) is 60.2. The molecule has 24 heteroatoms. The fraction of sp³-hybridized carbons (Fsp3) is 0.724. The van der Waals surface area contributed by atoms with Crippen molar-refractivity contribution in [2.75, 3.05) is 13.2 Å². The van der Waals surface area contributed by atoms with Gasteiger partial charge in [0.2, 0.25) is 0 Å². The first-order chi connectivity index (χ1) is 47.9. The van der Waals surface area contributed by atoms with Crippen LogP contribution in [0.2, 0.25) is 0 Å². The summed E-state index contributed by atoms with van der Waals surface area (Å²) >= 11 is 0. The van der Waals surface area contributed by atoms with Gasteiger partial charge in [-0.05, 0) is 83.1 Å². The zero-order chi connectivity index (χ0) is 75.0. The highest BCUT2D eigenvalue weighted by atomic mass is 16.6. The molecule has 0 saturated heterocycles. The lowest BCUT2D eigenvalue weighted by atomic mass is 9.86. The SMILES string of the molecule is C=CC(=O)OC(CCCCCCCC)C(O)CCCCCCCC(=O)OCC(COC(=O)CCCCCCCC(OC(=O)C=C)C(O)CC(O)C(CCCCC)OC(=O)C=C)OC(=O)CCCCCCCC(O)C(CC(O)C(CC(O)C(CC)C(O)C(=O)C=C)OC(=O)C=C)OC(=O)C=C. The molecule has 0 saturated carbocycles. The highest BCUT2D eigenvalue weighted by Gasteiger charge is 2.37. The van der Waals surface area contributed by atoms with Gasteiger partial charge in [-0.3, -0.25) is 19.2 Å². The molecule has 0 aliphatic carbocycles. The van der Waals surface area contributed by atoms with E-state index in [1.807, 2.05) is 6.92 Å². The molecule has 0 aliphatic heterocycles. The number of rotatable bonds is 66. The van der Waals surface area contributed by atoms with E-state index >= 15 is 0 Å². The largest absolute Gasteiger partial charge is 0.462 e. The Bertz CT molecular complexity index is 2370. The van der Waals surface area contributed by atoms with Crippen molar-refractivity contribution in [2.24, 2.45) is 5.92 Å². The second kappa shape index (κ2) is 59.2.